The topological polar surface area (TPSA) is 12.5 Å². The molecule has 0 aliphatic carbocycles. The Balaban J connectivity index is 1.54. The predicted octanol–water partition coefficient (Wildman–Crippen LogP) is 3.90. The number of hydrogen-bond donors (Lipinski definition) is 0. The van der Waals surface area contributed by atoms with Crippen molar-refractivity contribution in [3.63, 3.8) is 0 Å². The van der Waals surface area contributed by atoms with Crippen LogP contribution >= 0.6 is 0 Å². The van der Waals surface area contributed by atoms with Gasteiger partial charge >= 0.3 is 0 Å². The molecule has 0 unspecified atom stereocenters. The summed E-state index contributed by atoms with van der Waals surface area (Å²) >= 11 is 0. The molecule has 3 rings (SSSR count). The lowest BCUT2D eigenvalue weighted by Gasteiger charge is -2.17. The number of benzene rings is 2. The van der Waals surface area contributed by atoms with Crippen molar-refractivity contribution in [3.05, 3.63) is 65.7 Å². The third-order valence-electron chi connectivity index (χ3n) is 4.09. The van der Waals surface area contributed by atoms with E-state index in [-0.39, 0.29) is 0 Å². The number of nitrogens with zero attached hydrogens (tertiary/aromatic N) is 1. The molecule has 110 valence electrons. The molecule has 0 N–H and O–H groups in total. The molecule has 2 aromatic rings. The van der Waals surface area contributed by atoms with E-state index in [2.05, 4.69) is 66.4 Å². The van der Waals surface area contributed by atoms with Gasteiger partial charge in [-0.3, -0.25) is 4.90 Å². The van der Waals surface area contributed by atoms with Crippen LogP contribution in [0.3, 0.4) is 0 Å². The molecule has 2 nitrogen and oxygen atoms in total. The van der Waals surface area contributed by atoms with Gasteiger partial charge in [0.05, 0.1) is 0 Å². The average molecular weight is 281 g/mol. The van der Waals surface area contributed by atoms with Crippen molar-refractivity contribution in [1.82, 2.24) is 4.90 Å². The summed E-state index contributed by atoms with van der Waals surface area (Å²) < 4.78 is 6.14. The van der Waals surface area contributed by atoms with Gasteiger partial charge < -0.3 is 4.74 Å². The van der Waals surface area contributed by atoms with Crippen LogP contribution in [0.15, 0.2) is 54.6 Å². The Bertz CT molecular complexity index is 567. The maximum atomic E-state index is 6.14. The van der Waals surface area contributed by atoms with E-state index >= 15 is 0 Å². The lowest BCUT2D eigenvalue weighted by molar-refractivity contribution is 0.198. The van der Waals surface area contributed by atoms with Crippen LogP contribution in [0.5, 0.6) is 5.75 Å². The van der Waals surface area contributed by atoms with Gasteiger partial charge in [0.1, 0.15) is 11.9 Å². The van der Waals surface area contributed by atoms with Crippen LogP contribution in [-0.4, -0.2) is 24.1 Å². The van der Waals surface area contributed by atoms with Crippen molar-refractivity contribution >= 4 is 0 Å². The average Bonchev–Trinajstić information content (AvgIpc) is 2.95. The van der Waals surface area contributed by atoms with Gasteiger partial charge in [-0.05, 0) is 36.1 Å². The van der Waals surface area contributed by atoms with Crippen LogP contribution < -0.4 is 4.74 Å². The summed E-state index contributed by atoms with van der Waals surface area (Å²) in [6.45, 7) is 5.34. The minimum absolute atomic E-state index is 0.320. The van der Waals surface area contributed by atoms with Gasteiger partial charge in [0, 0.05) is 19.6 Å². The summed E-state index contributed by atoms with van der Waals surface area (Å²) in [6.07, 6.45) is 2.49. The highest BCUT2D eigenvalue weighted by molar-refractivity contribution is 5.28. The maximum Gasteiger partial charge on any atom is 0.120 e. The minimum atomic E-state index is 0.320. The minimum Gasteiger partial charge on any atom is -0.489 e. The third-order valence-corrected chi connectivity index (χ3v) is 4.09. The highest BCUT2D eigenvalue weighted by atomic mass is 16.5. The number of rotatable bonds is 5. The van der Waals surface area contributed by atoms with Gasteiger partial charge in [-0.2, -0.15) is 0 Å². The van der Waals surface area contributed by atoms with Crippen molar-refractivity contribution in [2.24, 2.45) is 0 Å². The Morgan fingerprint density at radius 3 is 2.67 bits per heavy atom. The first kappa shape index (κ1) is 14.2. The van der Waals surface area contributed by atoms with E-state index in [1.54, 1.807) is 0 Å². The molecule has 0 amide bonds. The Kier molecular flexibility index (Phi) is 4.56. The second-order valence-corrected chi connectivity index (χ2v) is 5.75. The molecule has 0 aromatic heterocycles. The SMILES string of the molecule is CCc1cccc(O[C@@H]2CCN(Cc3ccccc3)C2)c1. The first-order valence-corrected chi connectivity index (χ1v) is 7.85. The van der Waals surface area contributed by atoms with Crippen molar-refractivity contribution < 1.29 is 4.74 Å². The second-order valence-electron chi connectivity index (χ2n) is 5.75. The molecule has 0 radical (unpaired) electrons. The van der Waals surface area contributed by atoms with Crippen molar-refractivity contribution in [2.75, 3.05) is 13.1 Å². The van der Waals surface area contributed by atoms with Gasteiger partial charge in [0.15, 0.2) is 0 Å². The maximum absolute atomic E-state index is 6.14. The fourth-order valence-corrected chi connectivity index (χ4v) is 2.91. The lowest BCUT2D eigenvalue weighted by Crippen LogP contribution is -2.24. The first-order chi connectivity index (χ1) is 10.3. The third kappa shape index (κ3) is 3.85. The first-order valence-electron chi connectivity index (χ1n) is 7.85. The fraction of sp³-hybridized carbons (Fsp3) is 0.368. The number of likely N-dealkylation sites (tertiary alicyclic amines) is 1. The quantitative estimate of drug-likeness (QED) is 0.824. The molecule has 1 heterocycles. The molecule has 0 saturated carbocycles. The highest BCUT2D eigenvalue weighted by Crippen LogP contribution is 2.21. The van der Waals surface area contributed by atoms with Crippen LogP contribution in [0.25, 0.3) is 0 Å². The Hall–Kier alpha value is -1.80. The fourth-order valence-electron chi connectivity index (χ4n) is 2.91. The highest BCUT2D eigenvalue weighted by Gasteiger charge is 2.23. The van der Waals surface area contributed by atoms with Crippen LogP contribution in [-0.2, 0) is 13.0 Å². The predicted molar refractivity (Wildman–Crippen MR) is 86.6 cm³/mol. The van der Waals surface area contributed by atoms with Crippen LogP contribution in [0, 0.1) is 0 Å². The monoisotopic (exact) mass is 281 g/mol. The number of hydrogen-bond acceptors (Lipinski definition) is 2. The van der Waals surface area contributed by atoms with E-state index in [1.165, 1.54) is 11.1 Å². The zero-order valence-electron chi connectivity index (χ0n) is 12.7. The van der Waals surface area contributed by atoms with Crippen LogP contribution in [0.4, 0.5) is 0 Å². The lowest BCUT2D eigenvalue weighted by atomic mass is 10.1. The molecular formula is C19H23NO. The van der Waals surface area contributed by atoms with E-state index < -0.39 is 0 Å². The molecule has 2 heteroatoms. The molecule has 0 bridgehead atoms. The molecule has 1 atom stereocenters. The van der Waals surface area contributed by atoms with E-state index in [1.807, 2.05) is 0 Å². The summed E-state index contributed by atoms with van der Waals surface area (Å²) in [5.41, 5.74) is 2.72. The molecule has 1 saturated heterocycles. The van der Waals surface area contributed by atoms with Gasteiger partial charge in [0.25, 0.3) is 0 Å². The van der Waals surface area contributed by atoms with Gasteiger partial charge in [0.2, 0.25) is 0 Å². The van der Waals surface area contributed by atoms with E-state index in [9.17, 15) is 0 Å². The van der Waals surface area contributed by atoms with Gasteiger partial charge in [-0.1, -0.05) is 49.4 Å². The smallest absolute Gasteiger partial charge is 0.120 e. The number of ether oxygens (including phenoxy) is 1. The van der Waals surface area contributed by atoms with Crippen LogP contribution in [0.1, 0.15) is 24.5 Å². The van der Waals surface area contributed by atoms with Crippen LogP contribution in [0.2, 0.25) is 0 Å². The Morgan fingerprint density at radius 1 is 1.05 bits per heavy atom. The molecule has 2 aromatic carbocycles. The summed E-state index contributed by atoms with van der Waals surface area (Å²) in [5, 5.41) is 0. The van der Waals surface area contributed by atoms with Crippen molar-refractivity contribution in [2.45, 2.75) is 32.4 Å². The Labute approximate surface area is 127 Å². The summed E-state index contributed by atoms with van der Waals surface area (Å²) in [6, 6.07) is 19.1. The van der Waals surface area contributed by atoms with Gasteiger partial charge in [-0.25, -0.2) is 0 Å². The zero-order valence-corrected chi connectivity index (χ0v) is 12.7. The normalized spacial score (nSPS) is 18.8. The summed E-state index contributed by atoms with van der Waals surface area (Å²) in [5.74, 6) is 1.01. The number of aryl methyl sites for hydroxylation is 1. The second kappa shape index (κ2) is 6.77. The zero-order chi connectivity index (χ0) is 14.5. The van der Waals surface area contributed by atoms with E-state index in [4.69, 9.17) is 4.74 Å². The molecule has 1 aliphatic heterocycles. The van der Waals surface area contributed by atoms with E-state index in [0.717, 1.165) is 38.2 Å². The van der Waals surface area contributed by atoms with Crippen molar-refractivity contribution in [3.8, 4) is 5.75 Å². The van der Waals surface area contributed by atoms with E-state index in [0.29, 0.717) is 6.10 Å². The summed E-state index contributed by atoms with van der Waals surface area (Å²) in [7, 11) is 0. The molecule has 21 heavy (non-hydrogen) atoms. The molecule has 1 fully saturated rings. The molecule has 1 aliphatic rings. The summed E-state index contributed by atoms with van der Waals surface area (Å²) in [4.78, 5) is 2.48. The standard InChI is InChI=1S/C19H23NO/c1-2-16-9-6-10-18(13-16)21-19-11-12-20(15-19)14-17-7-4-3-5-8-17/h3-10,13,19H,2,11-12,14-15H2,1H3/t19-/m1/s1. The molecular weight excluding hydrogens is 258 g/mol. The largest absolute Gasteiger partial charge is 0.489 e. The van der Waals surface area contributed by atoms with Gasteiger partial charge in [-0.15, -0.1) is 0 Å². The molecule has 0 spiro atoms. The van der Waals surface area contributed by atoms with Crippen molar-refractivity contribution in [1.29, 1.82) is 0 Å². The Morgan fingerprint density at radius 2 is 1.86 bits per heavy atom.